The van der Waals surface area contributed by atoms with Gasteiger partial charge in [0, 0.05) is 18.0 Å². The molecule has 1 aliphatic carbocycles. The fraction of sp³-hybridized carbons (Fsp3) is 0.583. The normalized spacial score (nSPS) is 17.4. The molecule has 20 heavy (non-hydrogen) atoms. The van der Waals surface area contributed by atoms with Crippen LogP contribution in [0.1, 0.15) is 30.6 Å². The van der Waals surface area contributed by atoms with E-state index in [9.17, 15) is 8.42 Å². The van der Waals surface area contributed by atoms with Crippen molar-refractivity contribution >= 4 is 27.3 Å². The molecule has 1 aliphatic rings. The number of primary sulfonamides is 1. The minimum Gasteiger partial charge on any atom is -0.354 e. The molecule has 0 spiro atoms. The van der Waals surface area contributed by atoms with Gasteiger partial charge in [-0.05, 0) is 25.0 Å². The summed E-state index contributed by atoms with van der Waals surface area (Å²) in [5, 5.41) is 11.7. The van der Waals surface area contributed by atoms with Crippen LogP contribution in [0.15, 0.2) is 21.3 Å². The average Bonchev–Trinajstić information content (AvgIpc) is 3.04. The van der Waals surface area contributed by atoms with Crippen LogP contribution in [0.4, 0.5) is 0 Å². The number of rotatable bonds is 4. The second-order valence-electron chi connectivity index (χ2n) is 4.82. The molecular weight excluding hydrogens is 296 g/mol. The third-order valence-corrected chi connectivity index (χ3v) is 5.79. The SMILES string of the molecule is CN=C(NCc1ccc(S(N)(=O)=O)s1)NC1CCCC1. The van der Waals surface area contributed by atoms with Gasteiger partial charge in [-0.15, -0.1) is 11.3 Å². The van der Waals surface area contributed by atoms with Crippen molar-refractivity contribution in [3.63, 3.8) is 0 Å². The number of nitrogens with one attached hydrogen (secondary N) is 2. The lowest BCUT2D eigenvalue weighted by atomic mass is 10.2. The molecule has 1 heterocycles. The van der Waals surface area contributed by atoms with E-state index in [0.717, 1.165) is 10.8 Å². The highest BCUT2D eigenvalue weighted by atomic mass is 32.2. The number of hydrogen-bond acceptors (Lipinski definition) is 4. The smallest absolute Gasteiger partial charge is 0.247 e. The van der Waals surface area contributed by atoms with Gasteiger partial charge < -0.3 is 10.6 Å². The van der Waals surface area contributed by atoms with Gasteiger partial charge >= 0.3 is 0 Å². The Bertz CT molecular complexity index is 574. The van der Waals surface area contributed by atoms with Crippen LogP contribution in [0.25, 0.3) is 0 Å². The van der Waals surface area contributed by atoms with Crippen LogP contribution in [0.3, 0.4) is 0 Å². The van der Waals surface area contributed by atoms with Gasteiger partial charge in [0.2, 0.25) is 10.0 Å². The predicted octanol–water partition coefficient (Wildman–Crippen LogP) is 1.00. The Hall–Kier alpha value is -1.12. The summed E-state index contributed by atoms with van der Waals surface area (Å²) < 4.78 is 22.6. The molecule has 1 saturated carbocycles. The van der Waals surface area contributed by atoms with Crippen molar-refractivity contribution in [3.8, 4) is 0 Å². The summed E-state index contributed by atoms with van der Waals surface area (Å²) in [5.41, 5.74) is 0. The molecule has 0 aliphatic heterocycles. The number of hydrogen-bond donors (Lipinski definition) is 3. The first-order valence-electron chi connectivity index (χ1n) is 6.58. The van der Waals surface area contributed by atoms with Gasteiger partial charge in [-0.25, -0.2) is 13.6 Å². The number of aliphatic imine (C=N–C) groups is 1. The van der Waals surface area contributed by atoms with E-state index < -0.39 is 10.0 Å². The van der Waals surface area contributed by atoms with Crippen LogP contribution in [-0.4, -0.2) is 27.5 Å². The number of nitrogens with two attached hydrogens (primary N) is 1. The second kappa shape index (κ2) is 6.55. The molecule has 1 aromatic heterocycles. The summed E-state index contributed by atoms with van der Waals surface area (Å²) in [6, 6.07) is 3.79. The average molecular weight is 316 g/mol. The maximum Gasteiger partial charge on any atom is 0.247 e. The Morgan fingerprint density at radius 2 is 2.15 bits per heavy atom. The van der Waals surface area contributed by atoms with Crippen LogP contribution >= 0.6 is 11.3 Å². The molecule has 4 N–H and O–H groups in total. The Balaban J connectivity index is 1.88. The molecule has 0 bridgehead atoms. The third kappa shape index (κ3) is 4.19. The van der Waals surface area contributed by atoms with Crippen molar-refractivity contribution in [1.82, 2.24) is 10.6 Å². The first kappa shape index (κ1) is 15.3. The van der Waals surface area contributed by atoms with Crippen molar-refractivity contribution in [2.45, 2.75) is 42.5 Å². The van der Waals surface area contributed by atoms with E-state index in [1.807, 2.05) is 0 Å². The Labute approximate surface area is 123 Å². The highest BCUT2D eigenvalue weighted by molar-refractivity contribution is 7.91. The largest absolute Gasteiger partial charge is 0.354 e. The van der Waals surface area contributed by atoms with Crippen molar-refractivity contribution < 1.29 is 8.42 Å². The monoisotopic (exact) mass is 316 g/mol. The van der Waals surface area contributed by atoms with Crippen LogP contribution in [0, 0.1) is 0 Å². The molecule has 1 fully saturated rings. The lowest BCUT2D eigenvalue weighted by molar-refractivity contribution is 0.600. The number of sulfonamides is 1. The van der Waals surface area contributed by atoms with Gasteiger partial charge in [-0.3, -0.25) is 4.99 Å². The number of thiophene rings is 1. The zero-order chi connectivity index (χ0) is 14.6. The molecular formula is C12H20N4O2S2. The summed E-state index contributed by atoms with van der Waals surface area (Å²) in [5.74, 6) is 0.752. The highest BCUT2D eigenvalue weighted by Gasteiger charge is 2.16. The quantitative estimate of drug-likeness (QED) is 0.570. The van der Waals surface area contributed by atoms with E-state index >= 15 is 0 Å². The minimum absolute atomic E-state index is 0.188. The summed E-state index contributed by atoms with van der Waals surface area (Å²) in [4.78, 5) is 5.08. The molecule has 112 valence electrons. The molecule has 6 nitrogen and oxygen atoms in total. The first-order valence-corrected chi connectivity index (χ1v) is 8.94. The number of guanidine groups is 1. The van der Waals surface area contributed by atoms with Crippen molar-refractivity contribution in [3.05, 3.63) is 17.0 Å². The molecule has 8 heteroatoms. The Morgan fingerprint density at radius 3 is 2.70 bits per heavy atom. The van der Waals surface area contributed by atoms with Crippen LogP contribution in [0.5, 0.6) is 0 Å². The van der Waals surface area contributed by atoms with Gasteiger partial charge in [0.1, 0.15) is 4.21 Å². The standard InChI is InChI=1S/C12H20N4O2S2/c1-14-12(16-9-4-2-3-5-9)15-8-10-6-7-11(19-10)20(13,17)18/h6-7,9H,2-5,8H2,1H3,(H2,13,17,18)(H2,14,15,16). The third-order valence-electron chi connectivity index (χ3n) is 3.27. The van der Waals surface area contributed by atoms with E-state index in [1.165, 1.54) is 43.1 Å². The number of nitrogens with zero attached hydrogens (tertiary/aromatic N) is 1. The maximum atomic E-state index is 11.2. The van der Waals surface area contributed by atoms with Crippen LogP contribution in [-0.2, 0) is 16.6 Å². The van der Waals surface area contributed by atoms with E-state index in [1.54, 1.807) is 13.1 Å². The minimum atomic E-state index is -3.60. The molecule has 0 radical (unpaired) electrons. The van der Waals surface area contributed by atoms with E-state index in [0.29, 0.717) is 12.6 Å². The van der Waals surface area contributed by atoms with Crippen LogP contribution < -0.4 is 15.8 Å². The zero-order valence-electron chi connectivity index (χ0n) is 11.4. The molecule has 0 unspecified atom stereocenters. The lowest BCUT2D eigenvalue weighted by Gasteiger charge is -2.16. The van der Waals surface area contributed by atoms with Crippen molar-refractivity contribution in [2.24, 2.45) is 10.1 Å². The van der Waals surface area contributed by atoms with E-state index in [2.05, 4.69) is 15.6 Å². The molecule has 0 atom stereocenters. The maximum absolute atomic E-state index is 11.2. The van der Waals surface area contributed by atoms with Gasteiger partial charge in [-0.2, -0.15) is 0 Å². The van der Waals surface area contributed by atoms with Crippen LogP contribution in [0.2, 0.25) is 0 Å². The predicted molar refractivity (Wildman–Crippen MR) is 81.3 cm³/mol. The van der Waals surface area contributed by atoms with Gasteiger partial charge in [-0.1, -0.05) is 12.8 Å². The van der Waals surface area contributed by atoms with E-state index in [-0.39, 0.29) is 4.21 Å². The zero-order valence-corrected chi connectivity index (χ0v) is 13.1. The molecule has 0 amide bonds. The summed E-state index contributed by atoms with van der Waals surface area (Å²) in [7, 11) is -1.87. The van der Waals surface area contributed by atoms with E-state index in [4.69, 9.17) is 5.14 Å². The summed E-state index contributed by atoms with van der Waals surface area (Å²) in [6.07, 6.45) is 4.87. The topological polar surface area (TPSA) is 96.6 Å². The fourth-order valence-electron chi connectivity index (χ4n) is 2.24. The van der Waals surface area contributed by atoms with Crippen molar-refractivity contribution in [1.29, 1.82) is 0 Å². The second-order valence-corrected chi connectivity index (χ2v) is 7.77. The van der Waals surface area contributed by atoms with Gasteiger partial charge in [0.05, 0.1) is 6.54 Å². The Morgan fingerprint density at radius 1 is 1.45 bits per heavy atom. The fourth-order valence-corrected chi connectivity index (χ4v) is 3.95. The molecule has 2 rings (SSSR count). The Kier molecular flexibility index (Phi) is 5.00. The molecule has 0 saturated heterocycles. The lowest BCUT2D eigenvalue weighted by Crippen LogP contribution is -2.41. The molecule has 0 aromatic carbocycles. The van der Waals surface area contributed by atoms with Gasteiger partial charge in [0.25, 0.3) is 0 Å². The summed E-state index contributed by atoms with van der Waals surface area (Å²) in [6.45, 7) is 0.534. The van der Waals surface area contributed by atoms with Crippen molar-refractivity contribution in [2.75, 3.05) is 7.05 Å². The van der Waals surface area contributed by atoms with Gasteiger partial charge in [0.15, 0.2) is 5.96 Å². The molecule has 1 aromatic rings. The first-order chi connectivity index (χ1) is 9.49. The highest BCUT2D eigenvalue weighted by Crippen LogP contribution is 2.20. The summed E-state index contributed by atoms with van der Waals surface area (Å²) >= 11 is 1.18.